The van der Waals surface area contributed by atoms with Crippen LogP contribution in [0.2, 0.25) is 0 Å². The summed E-state index contributed by atoms with van der Waals surface area (Å²) in [4.78, 5) is 33.4. The molecule has 2 N–H and O–H groups in total. The lowest BCUT2D eigenvalue weighted by atomic mass is 10.1. The first-order valence-corrected chi connectivity index (χ1v) is 11.0. The molecule has 0 saturated carbocycles. The average Bonchev–Trinajstić information content (AvgIpc) is 2.87. The third-order valence-corrected chi connectivity index (χ3v) is 5.79. The van der Waals surface area contributed by atoms with E-state index in [4.69, 9.17) is 0 Å². The van der Waals surface area contributed by atoms with Crippen LogP contribution < -0.4 is 15.5 Å². The molecule has 34 heavy (non-hydrogen) atoms. The fraction of sp³-hybridized carbons (Fsp3) is 0.240. The van der Waals surface area contributed by atoms with Gasteiger partial charge in [-0.15, -0.1) is 0 Å². The molecule has 0 spiro atoms. The predicted octanol–water partition coefficient (Wildman–Crippen LogP) is 2.98. The molecule has 176 valence electrons. The van der Waals surface area contributed by atoms with Crippen molar-refractivity contribution in [2.75, 3.05) is 42.9 Å². The Kier molecular flexibility index (Phi) is 7.44. The smallest absolute Gasteiger partial charge is 0.313 e. The Labute approximate surface area is 196 Å². The zero-order valence-electron chi connectivity index (χ0n) is 18.5. The van der Waals surface area contributed by atoms with Gasteiger partial charge in [0.15, 0.2) is 0 Å². The minimum absolute atomic E-state index is 0.176. The number of rotatable bonds is 6. The van der Waals surface area contributed by atoms with E-state index in [2.05, 4.69) is 37.6 Å². The van der Waals surface area contributed by atoms with Crippen molar-refractivity contribution in [3.8, 4) is 0 Å². The number of carbonyl (C=O) groups excluding carboxylic acids is 2. The second-order valence-electron chi connectivity index (χ2n) is 7.95. The van der Waals surface area contributed by atoms with Gasteiger partial charge in [-0.05, 0) is 35.9 Å². The van der Waals surface area contributed by atoms with Crippen molar-refractivity contribution in [1.82, 2.24) is 15.2 Å². The number of nitrogens with zero attached hydrogens (tertiary/aromatic N) is 3. The van der Waals surface area contributed by atoms with Gasteiger partial charge in [-0.2, -0.15) is 0 Å². The van der Waals surface area contributed by atoms with Crippen LogP contribution in [0, 0.1) is 11.6 Å². The van der Waals surface area contributed by atoms with Crippen molar-refractivity contribution in [1.29, 1.82) is 0 Å². The second kappa shape index (κ2) is 10.8. The van der Waals surface area contributed by atoms with Gasteiger partial charge < -0.3 is 15.5 Å². The van der Waals surface area contributed by atoms with E-state index in [1.165, 1.54) is 0 Å². The minimum atomic E-state index is -1.02. The largest absolute Gasteiger partial charge is 0.369 e. The molecule has 1 fully saturated rings. The number of piperazine rings is 1. The maximum atomic E-state index is 13.8. The normalized spacial score (nSPS) is 14.9. The highest BCUT2D eigenvalue weighted by Gasteiger charge is 2.27. The Morgan fingerprint density at radius 3 is 2.38 bits per heavy atom. The van der Waals surface area contributed by atoms with Gasteiger partial charge in [0.25, 0.3) is 0 Å². The van der Waals surface area contributed by atoms with Crippen molar-refractivity contribution >= 4 is 23.2 Å². The first kappa shape index (κ1) is 23.3. The van der Waals surface area contributed by atoms with E-state index in [0.717, 1.165) is 49.6 Å². The first-order valence-electron chi connectivity index (χ1n) is 11.0. The van der Waals surface area contributed by atoms with Crippen LogP contribution in [0.15, 0.2) is 73.1 Å². The van der Waals surface area contributed by atoms with E-state index >= 15 is 0 Å². The third-order valence-electron chi connectivity index (χ3n) is 5.79. The number of hydrogen-bond donors (Lipinski definition) is 2. The predicted molar refractivity (Wildman–Crippen MR) is 125 cm³/mol. The van der Waals surface area contributed by atoms with Crippen molar-refractivity contribution < 1.29 is 18.4 Å². The standard InChI is InChI=1S/C25H25F2N5O2/c26-19-8-9-22(21(27)15-19)30-25(34)24(33)29-17-23(18-5-4-10-28-16-18)32-13-11-31(12-14-32)20-6-2-1-3-7-20/h1-10,15-16,23H,11-14,17H2,(H,29,33)(H,30,34). The third kappa shape index (κ3) is 5.74. The summed E-state index contributed by atoms with van der Waals surface area (Å²) in [6, 6.07) is 16.5. The van der Waals surface area contributed by atoms with Crippen molar-refractivity contribution in [2.45, 2.75) is 6.04 Å². The molecule has 2 amide bonds. The summed E-state index contributed by atoms with van der Waals surface area (Å²) in [5, 5.41) is 4.82. The van der Waals surface area contributed by atoms with Crippen LogP contribution in [0.3, 0.4) is 0 Å². The molecule has 1 aliphatic rings. The summed E-state index contributed by atoms with van der Waals surface area (Å²) in [6.07, 6.45) is 3.42. The molecule has 3 aromatic rings. The zero-order chi connectivity index (χ0) is 23.9. The van der Waals surface area contributed by atoms with Gasteiger partial charge in [-0.3, -0.25) is 19.5 Å². The van der Waals surface area contributed by atoms with Crippen LogP contribution in [0.25, 0.3) is 0 Å². The first-order chi connectivity index (χ1) is 16.5. The Hall–Kier alpha value is -3.85. The number of nitrogens with one attached hydrogen (secondary N) is 2. The summed E-state index contributed by atoms with van der Waals surface area (Å²) in [7, 11) is 0. The van der Waals surface area contributed by atoms with Crippen molar-refractivity contribution in [3.05, 3.63) is 90.3 Å². The van der Waals surface area contributed by atoms with Crippen molar-refractivity contribution in [2.24, 2.45) is 0 Å². The lowest BCUT2D eigenvalue weighted by Gasteiger charge is -2.40. The number of halogens is 2. The van der Waals surface area contributed by atoms with E-state index in [0.29, 0.717) is 6.07 Å². The topological polar surface area (TPSA) is 77.6 Å². The van der Waals surface area contributed by atoms with Crippen molar-refractivity contribution in [3.63, 3.8) is 0 Å². The number of benzene rings is 2. The monoisotopic (exact) mass is 465 g/mol. The van der Waals surface area contributed by atoms with Gasteiger partial charge in [-0.25, -0.2) is 8.78 Å². The highest BCUT2D eigenvalue weighted by Crippen LogP contribution is 2.23. The summed E-state index contributed by atoms with van der Waals surface area (Å²) in [5.74, 6) is -3.65. The van der Waals surface area contributed by atoms with Gasteiger partial charge in [0, 0.05) is 56.9 Å². The maximum Gasteiger partial charge on any atom is 0.313 e. The SMILES string of the molecule is O=C(NCC(c1cccnc1)N1CCN(c2ccccc2)CC1)C(=O)Nc1ccc(F)cc1F. The van der Waals surface area contributed by atoms with Gasteiger partial charge in [-0.1, -0.05) is 24.3 Å². The molecule has 1 atom stereocenters. The molecule has 1 unspecified atom stereocenters. The van der Waals surface area contributed by atoms with Crippen LogP contribution in [0.5, 0.6) is 0 Å². The Bertz CT molecular complexity index is 1120. The molecule has 1 aromatic heterocycles. The summed E-state index contributed by atoms with van der Waals surface area (Å²) < 4.78 is 26.9. The number of carbonyl (C=O) groups is 2. The highest BCUT2D eigenvalue weighted by atomic mass is 19.1. The number of aromatic nitrogens is 1. The molecular weight excluding hydrogens is 440 g/mol. The van der Waals surface area contributed by atoms with Crippen LogP contribution in [-0.2, 0) is 9.59 Å². The molecule has 1 aliphatic heterocycles. The molecule has 0 radical (unpaired) electrons. The lowest BCUT2D eigenvalue weighted by Crippen LogP contribution is -2.50. The summed E-state index contributed by atoms with van der Waals surface area (Å²) >= 11 is 0. The van der Waals surface area contributed by atoms with Gasteiger partial charge in [0.05, 0.1) is 11.7 Å². The maximum absolute atomic E-state index is 13.8. The van der Waals surface area contributed by atoms with Gasteiger partial charge in [0.1, 0.15) is 11.6 Å². The van der Waals surface area contributed by atoms with E-state index in [9.17, 15) is 18.4 Å². The summed E-state index contributed by atoms with van der Waals surface area (Å²) in [6.45, 7) is 3.34. The minimum Gasteiger partial charge on any atom is -0.369 e. The highest BCUT2D eigenvalue weighted by molar-refractivity contribution is 6.39. The van der Waals surface area contributed by atoms with E-state index in [1.807, 2.05) is 30.3 Å². The fourth-order valence-corrected chi connectivity index (χ4v) is 4.00. The molecule has 4 rings (SSSR count). The Morgan fingerprint density at radius 1 is 0.941 bits per heavy atom. The van der Waals surface area contributed by atoms with Gasteiger partial charge >= 0.3 is 11.8 Å². The van der Waals surface area contributed by atoms with E-state index in [1.54, 1.807) is 12.4 Å². The molecule has 9 heteroatoms. The molecule has 0 bridgehead atoms. The number of para-hydroxylation sites is 1. The summed E-state index contributed by atoms with van der Waals surface area (Å²) in [5.41, 5.74) is 1.82. The Balaban J connectivity index is 1.39. The van der Waals surface area contributed by atoms with Crippen LogP contribution in [0.4, 0.5) is 20.2 Å². The van der Waals surface area contributed by atoms with Crippen LogP contribution in [0.1, 0.15) is 11.6 Å². The Morgan fingerprint density at radius 2 is 1.71 bits per heavy atom. The molecular formula is C25H25F2N5O2. The zero-order valence-corrected chi connectivity index (χ0v) is 18.5. The number of pyridine rings is 1. The quantitative estimate of drug-likeness (QED) is 0.548. The van der Waals surface area contributed by atoms with E-state index < -0.39 is 23.4 Å². The molecule has 2 aromatic carbocycles. The number of amides is 2. The fourth-order valence-electron chi connectivity index (χ4n) is 4.00. The van der Waals surface area contributed by atoms with Crippen LogP contribution in [-0.4, -0.2) is 54.4 Å². The molecule has 0 aliphatic carbocycles. The second-order valence-corrected chi connectivity index (χ2v) is 7.95. The molecule has 7 nitrogen and oxygen atoms in total. The van der Waals surface area contributed by atoms with Gasteiger partial charge in [0.2, 0.25) is 0 Å². The lowest BCUT2D eigenvalue weighted by molar-refractivity contribution is -0.136. The number of hydrogen-bond acceptors (Lipinski definition) is 5. The average molecular weight is 466 g/mol. The van der Waals surface area contributed by atoms with Crippen LogP contribution >= 0.6 is 0 Å². The molecule has 2 heterocycles. The van der Waals surface area contributed by atoms with E-state index in [-0.39, 0.29) is 18.3 Å². The molecule has 1 saturated heterocycles. The number of anilines is 2.